The number of carbonyl (C=O) groups excluding carboxylic acids is 2. The van der Waals surface area contributed by atoms with Gasteiger partial charge in [-0.05, 0) is 42.6 Å². The van der Waals surface area contributed by atoms with E-state index in [0.717, 1.165) is 5.56 Å². The Morgan fingerprint density at radius 1 is 0.960 bits per heavy atom. The maximum Gasteiger partial charge on any atom is 0.265 e. The zero-order chi connectivity index (χ0) is 17.8. The molecule has 0 bridgehead atoms. The van der Waals surface area contributed by atoms with Crippen LogP contribution in [0, 0.1) is 6.92 Å². The van der Waals surface area contributed by atoms with Gasteiger partial charge in [0, 0.05) is 17.3 Å². The summed E-state index contributed by atoms with van der Waals surface area (Å²) in [5, 5.41) is 17.3. The molecule has 0 aliphatic carbocycles. The lowest BCUT2D eigenvalue weighted by Gasteiger charge is -2.10. The summed E-state index contributed by atoms with van der Waals surface area (Å²) in [6, 6.07) is 15.3. The predicted octanol–water partition coefficient (Wildman–Crippen LogP) is 4.27. The Hall–Kier alpha value is -3.12. The summed E-state index contributed by atoms with van der Waals surface area (Å²) in [5.41, 5.74) is 2.21. The van der Waals surface area contributed by atoms with Crippen molar-refractivity contribution in [3.8, 4) is 5.75 Å². The molecular formula is C19H16N2O3S. The summed E-state index contributed by atoms with van der Waals surface area (Å²) in [6.07, 6.45) is 0. The van der Waals surface area contributed by atoms with E-state index in [2.05, 4.69) is 10.6 Å². The van der Waals surface area contributed by atoms with Crippen molar-refractivity contribution in [3.05, 3.63) is 76.0 Å². The van der Waals surface area contributed by atoms with Gasteiger partial charge in [0.15, 0.2) is 0 Å². The number of anilines is 2. The van der Waals surface area contributed by atoms with Crippen molar-refractivity contribution in [3.63, 3.8) is 0 Å². The van der Waals surface area contributed by atoms with E-state index in [1.807, 2.05) is 18.4 Å². The van der Waals surface area contributed by atoms with Crippen molar-refractivity contribution in [1.29, 1.82) is 0 Å². The van der Waals surface area contributed by atoms with Gasteiger partial charge in [0.2, 0.25) is 0 Å². The van der Waals surface area contributed by atoms with E-state index in [1.165, 1.54) is 17.4 Å². The third-order valence-corrected chi connectivity index (χ3v) is 4.40. The predicted molar refractivity (Wildman–Crippen MR) is 99.5 cm³/mol. The molecule has 1 heterocycles. The lowest BCUT2D eigenvalue weighted by molar-refractivity contribution is 0.101. The van der Waals surface area contributed by atoms with Crippen LogP contribution in [0.2, 0.25) is 0 Å². The summed E-state index contributed by atoms with van der Waals surface area (Å²) >= 11 is 1.33. The molecule has 0 unspecified atom stereocenters. The fraction of sp³-hybridized carbons (Fsp3) is 0.0526. The highest BCUT2D eigenvalue weighted by atomic mass is 32.1. The lowest BCUT2D eigenvalue weighted by Crippen LogP contribution is -2.13. The first kappa shape index (κ1) is 16.7. The molecule has 2 amide bonds. The molecule has 6 heteroatoms. The minimum absolute atomic E-state index is 0.120. The van der Waals surface area contributed by atoms with Gasteiger partial charge in [-0.25, -0.2) is 0 Å². The Kier molecular flexibility index (Phi) is 4.81. The second kappa shape index (κ2) is 7.19. The summed E-state index contributed by atoms with van der Waals surface area (Å²) in [6.45, 7) is 1.90. The molecule has 0 fully saturated rings. The van der Waals surface area contributed by atoms with Crippen LogP contribution < -0.4 is 10.6 Å². The Morgan fingerprint density at radius 3 is 2.48 bits per heavy atom. The topological polar surface area (TPSA) is 78.4 Å². The summed E-state index contributed by atoms with van der Waals surface area (Å²) in [4.78, 5) is 24.8. The highest BCUT2D eigenvalue weighted by Crippen LogP contribution is 2.27. The zero-order valence-electron chi connectivity index (χ0n) is 13.4. The molecule has 0 saturated heterocycles. The molecule has 1 aromatic heterocycles. The van der Waals surface area contributed by atoms with Crippen molar-refractivity contribution in [1.82, 2.24) is 0 Å². The molecule has 0 radical (unpaired) electrons. The van der Waals surface area contributed by atoms with E-state index in [1.54, 1.807) is 42.5 Å². The van der Waals surface area contributed by atoms with E-state index in [0.29, 0.717) is 16.1 Å². The Balaban J connectivity index is 1.71. The summed E-state index contributed by atoms with van der Waals surface area (Å²) in [5.74, 6) is -0.676. The van der Waals surface area contributed by atoms with E-state index < -0.39 is 0 Å². The van der Waals surface area contributed by atoms with Gasteiger partial charge in [0.05, 0.1) is 10.6 Å². The van der Waals surface area contributed by atoms with Gasteiger partial charge in [-0.15, -0.1) is 11.3 Å². The van der Waals surface area contributed by atoms with Gasteiger partial charge in [-0.2, -0.15) is 0 Å². The van der Waals surface area contributed by atoms with Crippen LogP contribution >= 0.6 is 11.3 Å². The Morgan fingerprint density at radius 2 is 1.80 bits per heavy atom. The number of thiophene rings is 1. The number of amides is 2. The maximum atomic E-state index is 12.2. The first-order chi connectivity index (χ1) is 12.0. The molecule has 3 rings (SSSR count). The summed E-state index contributed by atoms with van der Waals surface area (Å²) < 4.78 is 0. The standard InChI is InChI=1S/C19H16N2O3S/c1-12-4-2-5-13(10-12)18(23)21-15-8-7-14(11-16(15)22)20-19(24)17-6-3-9-25-17/h2-11,22H,1H3,(H,20,24)(H,21,23). The van der Waals surface area contributed by atoms with E-state index >= 15 is 0 Å². The number of phenolic OH excluding ortho intramolecular Hbond substituents is 1. The fourth-order valence-electron chi connectivity index (χ4n) is 2.30. The number of carbonyl (C=O) groups is 2. The van der Waals surface area contributed by atoms with E-state index in [9.17, 15) is 14.7 Å². The van der Waals surface area contributed by atoms with Gasteiger partial charge >= 0.3 is 0 Å². The van der Waals surface area contributed by atoms with Crippen molar-refractivity contribution >= 4 is 34.5 Å². The van der Waals surface area contributed by atoms with Crippen LogP contribution in [0.3, 0.4) is 0 Å². The van der Waals surface area contributed by atoms with Crippen LogP contribution in [0.5, 0.6) is 5.75 Å². The smallest absolute Gasteiger partial charge is 0.265 e. The first-order valence-corrected chi connectivity index (χ1v) is 8.47. The number of benzene rings is 2. The maximum absolute atomic E-state index is 12.2. The number of nitrogens with one attached hydrogen (secondary N) is 2. The molecule has 3 aromatic rings. The second-order valence-electron chi connectivity index (χ2n) is 5.49. The normalized spacial score (nSPS) is 10.3. The quantitative estimate of drug-likeness (QED) is 0.614. The lowest BCUT2D eigenvalue weighted by atomic mass is 10.1. The highest BCUT2D eigenvalue weighted by Gasteiger charge is 2.11. The Bertz CT molecular complexity index is 920. The van der Waals surface area contributed by atoms with Crippen molar-refractivity contribution in [2.24, 2.45) is 0 Å². The number of phenols is 1. The molecule has 2 aromatic carbocycles. The molecule has 0 aliphatic heterocycles. The molecule has 25 heavy (non-hydrogen) atoms. The SMILES string of the molecule is Cc1cccc(C(=O)Nc2ccc(NC(=O)c3cccs3)cc2O)c1. The number of rotatable bonds is 4. The van der Waals surface area contributed by atoms with Gasteiger partial charge in [-0.1, -0.05) is 23.8 Å². The third kappa shape index (κ3) is 4.05. The largest absolute Gasteiger partial charge is 0.506 e. The van der Waals surface area contributed by atoms with Gasteiger partial charge in [0.1, 0.15) is 5.75 Å². The first-order valence-electron chi connectivity index (χ1n) is 7.59. The van der Waals surface area contributed by atoms with Crippen molar-refractivity contribution < 1.29 is 14.7 Å². The van der Waals surface area contributed by atoms with Gasteiger partial charge in [-0.3, -0.25) is 9.59 Å². The van der Waals surface area contributed by atoms with Crippen molar-refractivity contribution in [2.75, 3.05) is 10.6 Å². The molecule has 5 nitrogen and oxygen atoms in total. The molecule has 126 valence electrons. The number of aromatic hydroxyl groups is 1. The van der Waals surface area contributed by atoms with Gasteiger partial charge < -0.3 is 15.7 Å². The highest BCUT2D eigenvalue weighted by molar-refractivity contribution is 7.12. The summed E-state index contributed by atoms with van der Waals surface area (Å²) in [7, 11) is 0. The average molecular weight is 352 g/mol. The average Bonchev–Trinajstić information content (AvgIpc) is 3.12. The molecule has 0 saturated carbocycles. The minimum Gasteiger partial charge on any atom is -0.506 e. The van der Waals surface area contributed by atoms with Crippen LogP contribution in [-0.4, -0.2) is 16.9 Å². The fourth-order valence-corrected chi connectivity index (χ4v) is 2.92. The second-order valence-corrected chi connectivity index (χ2v) is 6.43. The number of hydrogen-bond donors (Lipinski definition) is 3. The van der Waals surface area contributed by atoms with Crippen molar-refractivity contribution in [2.45, 2.75) is 6.92 Å². The third-order valence-electron chi connectivity index (χ3n) is 3.53. The molecular weight excluding hydrogens is 336 g/mol. The number of hydrogen-bond acceptors (Lipinski definition) is 4. The monoisotopic (exact) mass is 352 g/mol. The molecule has 0 atom stereocenters. The van der Waals surface area contributed by atoms with E-state index in [-0.39, 0.29) is 23.3 Å². The minimum atomic E-state index is -0.311. The van der Waals surface area contributed by atoms with Crippen LogP contribution in [0.25, 0.3) is 0 Å². The zero-order valence-corrected chi connectivity index (χ0v) is 14.3. The number of aryl methyl sites for hydroxylation is 1. The Labute approximate surface area is 148 Å². The molecule has 3 N–H and O–H groups in total. The molecule has 0 spiro atoms. The van der Waals surface area contributed by atoms with Gasteiger partial charge in [0.25, 0.3) is 11.8 Å². The van der Waals surface area contributed by atoms with Crippen LogP contribution in [0.1, 0.15) is 25.6 Å². The van der Waals surface area contributed by atoms with Crippen LogP contribution in [-0.2, 0) is 0 Å². The van der Waals surface area contributed by atoms with Crippen LogP contribution in [0.15, 0.2) is 60.0 Å². The van der Waals surface area contributed by atoms with E-state index in [4.69, 9.17) is 0 Å². The van der Waals surface area contributed by atoms with Crippen LogP contribution in [0.4, 0.5) is 11.4 Å². The molecule has 0 aliphatic rings.